The highest BCUT2D eigenvalue weighted by atomic mass is 19.1. The summed E-state index contributed by atoms with van der Waals surface area (Å²) in [4.78, 5) is 39.1. The number of carbonyl (C=O) groups is 3. The van der Waals surface area contributed by atoms with Crippen LogP contribution in [0, 0.1) is 11.6 Å². The maximum Gasteiger partial charge on any atom is 0.332 e. The molecule has 1 fully saturated rings. The van der Waals surface area contributed by atoms with Gasteiger partial charge in [-0.25, -0.2) is 13.6 Å². The number of nitrogens with one attached hydrogen (secondary N) is 1. The molecular weight excluding hydrogens is 344 g/mol. The highest BCUT2D eigenvalue weighted by Gasteiger charge is 2.44. The van der Waals surface area contributed by atoms with Gasteiger partial charge < -0.3 is 5.32 Å². The Labute approximate surface area is 148 Å². The number of benzene rings is 2. The van der Waals surface area contributed by atoms with E-state index in [-0.39, 0.29) is 0 Å². The zero-order valence-electron chi connectivity index (χ0n) is 13.8. The molecule has 4 amide bonds. The van der Waals surface area contributed by atoms with E-state index in [0.29, 0.717) is 11.4 Å². The van der Waals surface area contributed by atoms with E-state index in [2.05, 4.69) is 5.32 Å². The van der Waals surface area contributed by atoms with Gasteiger partial charge in [-0.2, -0.15) is 0 Å². The van der Waals surface area contributed by atoms with Crippen LogP contribution < -0.4 is 10.2 Å². The molecule has 0 unspecified atom stereocenters. The van der Waals surface area contributed by atoms with Gasteiger partial charge in [-0.15, -0.1) is 0 Å². The number of halogens is 2. The molecule has 2 aromatic rings. The van der Waals surface area contributed by atoms with Gasteiger partial charge in [-0.1, -0.05) is 0 Å². The van der Waals surface area contributed by atoms with Crippen molar-refractivity contribution in [1.29, 1.82) is 0 Å². The Morgan fingerprint density at radius 2 is 1.54 bits per heavy atom. The molecule has 0 aliphatic carbocycles. The maximum absolute atomic E-state index is 13.1. The van der Waals surface area contributed by atoms with Crippen molar-refractivity contribution in [2.45, 2.75) is 13.0 Å². The molecule has 6 nitrogen and oxygen atoms in total. The number of rotatable bonds is 4. The standard InChI is InChI=1S/C18H15F2N3O3/c1-11-17(25)22(10-16(24)21-14-6-2-12(19)3-7-14)18(26)23(11)15-8-4-13(20)5-9-15/h2-9,11H,10H2,1H3,(H,21,24)/t11-/m1/s1. The molecule has 0 radical (unpaired) electrons. The molecule has 3 rings (SSSR count). The topological polar surface area (TPSA) is 69.7 Å². The van der Waals surface area contributed by atoms with Crippen LogP contribution in [0.25, 0.3) is 0 Å². The van der Waals surface area contributed by atoms with Crippen molar-refractivity contribution in [3.8, 4) is 0 Å². The molecular formula is C18H15F2N3O3. The van der Waals surface area contributed by atoms with Crippen molar-refractivity contribution in [2.24, 2.45) is 0 Å². The molecule has 1 atom stereocenters. The number of urea groups is 1. The van der Waals surface area contributed by atoms with E-state index in [1.54, 1.807) is 0 Å². The van der Waals surface area contributed by atoms with E-state index in [1.165, 1.54) is 60.4 Å². The predicted octanol–water partition coefficient (Wildman–Crippen LogP) is 2.76. The summed E-state index contributed by atoms with van der Waals surface area (Å²) in [5.74, 6) is -2.04. The van der Waals surface area contributed by atoms with Crippen molar-refractivity contribution >= 4 is 29.2 Å². The number of hydrogen-bond donors (Lipinski definition) is 1. The maximum atomic E-state index is 13.1. The van der Waals surface area contributed by atoms with E-state index < -0.39 is 42.1 Å². The SMILES string of the molecule is C[C@@H]1C(=O)N(CC(=O)Nc2ccc(F)cc2)C(=O)N1c1ccc(F)cc1. The molecule has 1 heterocycles. The quantitative estimate of drug-likeness (QED) is 0.854. The first-order chi connectivity index (χ1) is 12.4. The fraction of sp³-hybridized carbons (Fsp3) is 0.167. The Balaban J connectivity index is 1.72. The second-order valence-electron chi connectivity index (χ2n) is 5.78. The Bertz CT molecular complexity index is 853. The summed E-state index contributed by atoms with van der Waals surface area (Å²) in [7, 11) is 0. The predicted molar refractivity (Wildman–Crippen MR) is 90.5 cm³/mol. The molecule has 1 aliphatic rings. The Morgan fingerprint density at radius 1 is 1.00 bits per heavy atom. The van der Waals surface area contributed by atoms with Gasteiger partial charge in [0.1, 0.15) is 24.2 Å². The van der Waals surface area contributed by atoms with E-state index in [9.17, 15) is 23.2 Å². The second kappa shape index (κ2) is 6.91. The van der Waals surface area contributed by atoms with Crippen molar-refractivity contribution in [3.05, 3.63) is 60.2 Å². The summed E-state index contributed by atoms with van der Waals surface area (Å²) in [6.07, 6.45) is 0. The Hall–Kier alpha value is -3.29. The molecule has 1 saturated heterocycles. The number of hydrogen-bond acceptors (Lipinski definition) is 3. The summed E-state index contributed by atoms with van der Waals surface area (Å²) in [5, 5.41) is 2.49. The smallest absolute Gasteiger partial charge is 0.325 e. The van der Waals surface area contributed by atoms with Crippen molar-refractivity contribution in [3.63, 3.8) is 0 Å². The number of carbonyl (C=O) groups excluding carboxylic acids is 3. The van der Waals surface area contributed by atoms with Gasteiger partial charge in [0, 0.05) is 11.4 Å². The number of anilines is 2. The minimum atomic E-state index is -0.813. The van der Waals surface area contributed by atoms with Crippen LogP contribution in [0.15, 0.2) is 48.5 Å². The van der Waals surface area contributed by atoms with Crippen LogP contribution in [-0.4, -0.2) is 35.3 Å². The first-order valence-electron chi connectivity index (χ1n) is 7.82. The van der Waals surface area contributed by atoms with Crippen LogP contribution in [0.3, 0.4) is 0 Å². The average Bonchev–Trinajstić information content (AvgIpc) is 2.82. The van der Waals surface area contributed by atoms with Crippen LogP contribution in [-0.2, 0) is 9.59 Å². The van der Waals surface area contributed by atoms with Crippen LogP contribution in [0.2, 0.25) is 0 Å². The van der Waals surface area contributed by atoms with Crippen molar-refractivity contribution in [1.82, 2.24) is 4.90 Å². The zero-order valence-corrected chi connectivity index (χ0v) is 13.8. The molecule has 2 aromatic carbocycles. The van der Waals surface area contributed by atoms with E-state index in [4.69, 9.17) is 0 Å². The third-order valence-electron chi connectivity index (χ3n) is 3.98. The molecule has 0 spiro atoms. The highest BCUT2D eigenvalue weighted by molar-refractivity contribution is 6.16. The molecule has 1 aliphatic heterocycles. The fourth-order valence-electron chi connectivity index (χ4n) is 2.68. The van der Waals surface area contributed by atoms with Gasteiger partial charge in [-0.05, 0) is 55.5 Å². The molecule has 0 bridgehead atoms. The van der Waals surface area contributed by atoms with Gasteiger partial charge in [0.15, 0.2) is 0 Å². The molecule has 0 aromatic heterocycles. The number of amides is 4. The van der Waals surface area contributed by atoms with Gasteiger partial charge in [0.25, 0.3) is 5.91 Å². The van der Waals surface area contributed by atoms with Crippen LogP contribution in [0.4, 0.5) is 25.0 Å². The van der Waals surface area contributed by atoms with Crippen molar-refractivity contribution < 1.29 is 23.2 Å². The Kier molecular flexibility index (Phi) is 4.66. The van der Waals surface area contributed by atoms with E-state index in [1.807, 2.05) is 0 Å². The van der Waals surface area contributed by atoms with Gasteiger partial charge in [0.2, 0.25) is 5.91 Å². The third kappa shape index (κ3) is 3.39. The largest absolute Gasteiger partial charge is 0.332 e. The van der Waals surface area contributed by atoms with Gasteiger partial charge >= 0.3 is 6.03 Å². The lowest BCUT2D eigenvalue weighted by Gasteiger charge is -2.19. The monoisotopic (exact) mass is 359 g/mol. The summed E-state index contributed by atoms with van der Waals surface area (Å²) in [6, 6.07) is 8.77. The Morgan fingerprint density at radius 3 is 2.12 bits per heavy atom. The van der Waals surface area contributed by atoms with Crippen LogP contribution >= 0.6 is 0 Å². The molecule has 134 valence electrons. The van der Waals surface area contributed by atoms with Crippen LogP contribution in [0.1, 0.15) is 6.92 Å². The zero-order chi connectivity index (χ0) is 18.8. The number of nitrogens with zero attached hydrogens (tertiary/aromatic N) is 2. The molecule has 8 heteroatoms. The molecule has 26 heavy (non-hydrogen) atoms. The summed E-state index contributed by atoms with van der Waals surface area (Å²) >= 11 is 0. The number of imide groups is 1. The van der Waals surface area contributed by atoms with E-state index in [0.717, 1.165) is 4.90 Å². The summed E-state index contributed by atoms with van der Waals surface area (Å²) < 4.78 is 26.0. The summed E-state index contributed by atoms with van der Waals surface area (Å²) in [6.45, 7) is 1.05. The summed E-state index contributed by atoms with van der Waals surface area (Å²) in [5.41, 5.74) is 0.706. The minimum Gasteiger partial charge on any atom is -0.325 e. The van der Waals surface area contributed by atoms with E-state index >= 15 is 0 Å². The van der Waals surface area contributed by atoms with Gasteiger partial charge in [0.05, 0.1) is 0 Å². The second-order valence-corrected chi connectivity index (χ2v) is 5.78. The first-order valence-corrected chi connectivity index (χ1v) is 7.82. The highest BCUT2D eigenvalue weighted by Crippen LogP contribution is 2.25. The molecule has 0 saturated carbocycles. The lowest BCUT2D eigenvalue weighted by molar-refractivity contribution is -0.130. The normalized spacial score (nSPS) is 17.0. The average molecular weight is 359 g/mol. The molecule has 1 N–H and O–H groups in total. The van der Waals surface area contributed by atoms with Crippen LogP contribution in [0.5, 0.6) is 0 Å². The van der Waals surface area contributed by atoms with Crippen molar-refractivity contribution in [2.75, 3.05) is 16.8 Å². The first kappa shape index (κ1) is 17.5. The lowest BCUT2D eigenvalue weighted by Crippen LogP contribution is -2.39. The lowest BCUT2D eigenvalue weighted by atomic mass is 10.2. The minimum absolute atomic E-state index is 0.346. The van der Waals surface area contributed by atoms with Gasteiger partial charge in [-0.3, -0.25) is 19.4 Å². The third-order valence-corrected chi connectivity index (χ3v) is 3.98. The fourth-order valence-corrected chi connectivity index (χ4v) is 2.68.